The van der Waals surface area contributed by atoms with Crippen molar-refractivity contribution in [2.45, 2.75) is 0 Å². The third kappa shape index (κ3) is 2.16. The SMILES string of the molecule is [Cs+].[O-]c1cccc2cc3ccccc3[nH+]c12. The minimum Gasteiger partial charge on any atom is -0.868 e. The van der Waals surface area contributed by atoms with E-state index in [9.17, 15) is 5.11 Å². The van der Waals surface area contributed by atoms with E-state index < -0.39 is 0 Å². The monoisotopic (exact) mass is 328 g/mol. The molecule has 0 aliphatic carbocycles. The number of aromatic amines is 1. The maximum atomic E-state index is 11.6. The average Bonchev–Trinajstić information content (AvgIpc) is 2.27. The van der Waals surface area contributed by atoms with Crippen LogP contribution in [0.4, 0.5) is 0 Å². The van der Waals surface area contributed by atoms with E-state index in [4.69, 9.17) is 0 Å². The molecule has 1 aromatic heterocycles. The molecule has 0 fully saturated rings. The second-order valence-corrected chi connectivity index (χ2v) is 3.58. The quantitative estimate of drug-likeness (QED) is 0.482. The fourth-order valence-corrected chi connectivity index (χ4v) is 1.84. The normalized spacial score (nSPS) is 10.2. The summed E-state index contributed by atoms with van der Waals surface area (Å²) in [5.74, 6) is 0.0400. The van der Waals surface area contributed by atoms with Gasteiger partial charge in [-0.3, -0.25) is 0 Å². The standard InChI is InChI=1S/C13H9NO.Cs/c15-12-7-3-5-10-8-9-4-1-2-6-11(9)14-13(10)12;/h1-8,15H;/q;+1. The third-order valence-electron chi connectivity index (χ3n) is 2.59. The number of H-pyrrole nitrogens is 1. The summed E-state index contributed by atoms with van der Waals surface area (Å²) in [4.78, 5) is 3.16. The maximum absolute atomic E-state index is 11.6. The molecular formula is C13H9CsNO+. The zero-order chi connectivity index (χ0) is 10.3. The zero-order valence-electron chi connectivity index (χ0n) is 9.03. The zero-order valence-corrected chi connectivity index (χ0v) is 15.3. The van der Waals surface area contributed by atoms with E-state index in [-0.39, 0.29) is 74.6 Å². The van der Waals surface area contributed by atoms with Crippen LogP contribution in [-0.2, 0) is 0 Å². The van der Waals surface area contributed by atoms with Gasteiger partial charge in [-0.15, -0.1) is 0 Å². The van der Waals surface area contributed by atoms with Gasteiger partial charge in [0.15, 0.2) is 0 Å². The molecule has 0 amide bonds. The number of aromatic nitrogens is 1. The minimum absolute atomic E-state index is 0. The molecule has 2 aromatic carbocycles. The third-order valence-corrected chi connectivity index (χ3v) is 2.59. The molecule has 0 spiro atoms. The van der Waals surface area contributed by atoms with Crippen molar-refractivity contribution in [3.05, 3.63) is 48.5 Å². The number of hydrogen-bond acceptors (Lipinski definition) is 1. The van der Waals surface area contributed by atoms with Gasteiger partial charge in [0.25, 0.3) is 0 Å². The van der Waals surface area contributed by atoms with E-state index in [2.05, 4.69) is 4.98 Å². The van der Waals surface area contributed by atoms with Gasteiger partial charge in [-0.1, -0.05) is 24.3 Å². The number of para-hydroxylation sites is 2. The van der Waals surface area contributed by atoms with Crippen LogP contribution in [0.25, 0.3) is 21.8 Å². The summed E-state index contributed by atoms with van der Waals surface area (Å²) < 4.78 is 0. The first-order valence-corrected chi connectivity index (χ1v) is 4.85. The Balaban J connectivity index is 0.000000963. The molecule has 16 heavy (non-hydrogen) atoms. The van der Waals surface area contributed by atoms with Gasteiger partial charge in [0.2, 0.25) is 11.0 Å². The maximum Gasteiger partial charge on any atom is 1.00 e. The molecule has 0 aliphatic rings. The largest absolute Gasteiger partial charge is 1.00 e. The first kappa shape index (κ1) is 12.4. The van der Waals surface area contributed by atoms with E-state index in [1.165, 1.54) is 0 Å². The van der Waals surface area contributed by atoms with Crippen molar-refractivity contribution in [1.82, 2.24) is 0 Å². The summed E-state index contributed by atoms with van der Waals surface area (Å²) >= 11 is 0. The molecule has 0 radical (unpaired) electrons. The molecule has 3 aromatic rings. The first-order chi connectivity index (χ1) is 7.34. The number of hydrogen-bond donors (Lipinski definition) is 0. The van der Waals surface area contributed by atoms with Crippen LogP contribution >= 0.6 is 0 Å². The van der Waals surface area contributed by atoms with E-state index in [1.807, 2.05) is 36.4 Å². The fourth-order valence-electron chi connectivity index (χ4n) is 1.84. The summed E-state index contributed by atoms with van der Waals surface area (Å²) in [7, 11) is 0. The van der Waals surface area contributed by atoms with Crippen LogP contribution in [0, 0.1) is 0 Å². The van der Waals surface area contributed by atoms with Crippen LogP contribution in [0.2, 0.25) is 0 Å². The smallest absolute Gasteiger partial charge is 0.868 e. The van der Waals surface area contributed by atoms with Crippen LogP contribution in [-0.4, -0.2) is 0 Å². The summed E-state index contributed by atoms with van der Waals surface area (Å²) in [6.45, 7) is 0. The van der Waals surface area contributed by atoms with Gasteiger partial charge in [-0.05, 0) is 23.9 Å². The molecule has 3 rings (SSSR count). The van der Waals surface area contributed by atoms with Crippen LogP contribution in [0.1, 0.15) is 0 Å². The Kier molecular flexibility index (Phi) is 3.94. The number of benzene rings is 2. The molecule has 1 heterocycles. The number of fused-ring (bicyclic) bond motifs is 2. The Labute approximate surface area is 152 Å². The predicted octanol–water partition coefficient (Wildman–Crippen LogP) is -1.12. The van der Waals surface area contributed by atoms with Crippen molar-refractivity contribution in [3.63, 3.8) is 0 Å². The first-order valence-electron chi connectivity index (χ1n) is 4.85. The van der Waals surface area contributed by atoms with Gasteiger partial charge in [0.1, 0.15) is 0 Å². The summed E-state index contributed by atoms with van der Waals surface area (Å²) in [5, 5.41) is 13.7. The van der Waals surface area contributed by atoms with Crippen molar-refractivity contribution in [1.29, 1.82) is 0 Å². The van der Waals surface area contributed by atoms with Crippen molar-refractivity contribution >= 4 is 21.8 Å². The fraction of sp³-hybridized carbons (Fsp3) is 0. The second kappa shape index (κ2) is 5.08. The van der Waals surface area contributed by atoms with Crippen molar-refractivity contribution in [2.75, 3.05) is 0 Å². The number of pyridine rings is 1. The second-order valence-electron chi connectivity index (χ2n) is 3.58. The van der Waals surface area contributed by atoms with E-state index in [0.29, 0.717) is 5.52 Å². The summed E-state index contributed by atoms with van der Waals surface area (Å²) in [6.07, 6.45) is 0. The Morgan fingerprint density at radius 2 is 1.62 bits per heavy atom. The molecule has 0 atom stereocenters. The Hall–Kier alpha value is -0.0381. The number of rotatable bonds is 0. The molecular weight excluding hydrogens is 319 g/mol. The summed E-state index contributed by atoms with van der Waals surface area (Å²) in [5.41, 5.74) is 1.67. The van der Waals surface area contributed by atoms with E-state index in [1.54, 1.807) is 12.1 Å². The Morgan fingerprint density at radius 3 is 2.50 bits per heavy atom. The van der Waals surface area contributed by atoms with Gasteiger partial charge < -0.3 is 5.11 Å². The molecule has 0 saturated heterocycles. The molecule has 0 bridgehead atoms. The molecule has 1 N–H and O–H groups in total. The predicted molar refractivity (Wildman–Crippen MR) is 57.5 cm³/mol. The van der Waals surface area contributed by atoms with Gasteiger partial charge in [0.05, 0.1) is 0 Å². The van der Waals surface area contributed by atoms with Gasteiger partial charge in [0, 0.05) is 16.8 Å². The van der Waals surface area contributed by atoms with Gasteiger partial charge in [-0.2, -0.15) is 0 Å². The van der Waals surface area contributed by atoms with Crippen molar-refractivity contribution < 1.29 is 79.0 Å². The molecule has 0 aliphatic heterocycles. The van der Waals surface area contributed by atoms with E-state index in [0.717, 1.165) is 16.3 Å². The van der Waals surface area contributed by atoms with Crippen molar-refractivity contribution in [2.24, 2.45) is 0 Å². The molecule has 3 heteroatoms. The Morgan fingerprint density at radius 1 is 0.875 bits per heavy atom. The summed E-state index contributed by atoms with van der Waals surface area (Å²) in [6, 6.07) is 15.3. The van der Waals surface area contributed by atoms with Crippen LogP contribution in [0.15, 0.2) is 48.5 Å². The van der Waals surface area contributed by atoms with Gasteiger partial charge in [-0.25, -0.2) is 4.98 Å². The molecule has 0 saturated carbocycles. The van der Waals surface area contributed by atoms with Crippen molar-refractivity contribution in [3.8, 4) is 5.75 Å². The van der Waals surface area contributed by atoms with Crippen LogP contribution in [0.5, 0.6) is 5.75 Å². The average molecular weight is 328 g/mol. The van der Waals surface area contributed by atoms with Crippen LogP contribution in [0.3, 0.4) is 0 Å². The molecule has 0 unspecified atom stereocenters. The minimum atomic E-state index is 0. The van der Waals surface area contributed by atoms with E-state index >= 15 is 0 Å². The van der Waals surface area contributed by atoms with Crippen LogP contribution < -0.4 is 79.0 Å². The Bertz CT molecular complexity index is 652. The molecule has 2 nitrogen and oxygen atoms in total. The topological polar surface area (TPSA) is 37.2 Å². The van der Waals surface area contributed by atoms with Gasteiger partial charge >= 0.3 is 68.9 Å². The molecule has 72 valence electrons. The number of nitrogens with one attached hydrogen (secondary N) is 1.